The van der Waals surface area contributed by atoms with Crippen molar-refractivity contribution in [1.29, 1.82) is 0 Å². The fourth-order valence-corrected chi connectivity index (χ4v) is 8.47. The van der Waals surface area contributed by atoms with Crippen molar-refractivity contribution >= 4 is 78.8 Å². The molecule has 7 aromatic carbocycles. The molecule has 50 heavy (non-hydrogen) atoms. The van der Waals surface area contributed by atoms with E-state index in [1.807, 2.05) is 36.4 Å². The molecule has 9 rings (SSSR count). The Morgan fingerprint density at radius 3 is 1.34 bits per heavy atom. The number of hydrogen-bond acceptors (Lipinski definition) is 3. The number of hydrogen-bond donors (Lipinski definition) is 0. The molecule has 0 saturated heterocycles. The van der Waals surface area contributed by atoms with E-state index in [4.69, 9.17) is 4.74 Å². The predicted octanol–water partition coefficient (Wildman–Crippen LogP) is 10.2. The Bertz CT molecular complexity index is 2340. The quantitative estimate of drug-likeness (QED) is 0.176. The minimum atomic E-state index is -4.88. The van der Waals surface area contributed by atoms with Crippen molar-refractivity contribution in [1.82, 2.24) is 0 Å². The van der Waals surface area contributed by atoms with Crippen LogP contribution in [0.4, 0.5) is 47.3 Å². The summed E-state index contributed by atoms with van der Waals surface area (Å²) in [5.74, 6) is -0.259. The van der Waals surface area contributed by atoms with E-state index in [0.717, 1.165) is 82.9 Å². The Kier molecular flexibility index (Phi) is 6.63. The summed E-state index contributed by atoms with van der Waals surface area (Å²) in [4.78, 5) is 4.38. The second kappa shape index (κ2) is 10.9. The van der Waals surface area contributed by atoms with E-state index in [-0.39, 0.29) is 12.5 Å². The van der Waals surface area contributed by atoms with Crippen LogP contribution in [0.5, 0.6) is 5.75 Å². The van der Waals surface area contributed by atoms with Gasteiger partial charge in [0.05, 0.1) is 11.4 Å². The van der Waals surface area contributed by atoms with Crippen LogP contribution in [-0.4, -0.2) is 13.1 Å². The number of fused-ring (bicyclic) bond motifs is 8. The van der Waals surface area contributed by atoms with Crippen LogP contribution in [0.15, 0.2) is 121 Å². The van der Waals surface area contributed by atoms with Crippen molar-refractivity contribution in [2.45, 2.75) is 34.1 Å². The number of rotatable bonds is 3. The number of ether oxygens (including phenoxy) is 1. The second-order valence-electron chi connectivity index (χ2n) is 13.5. The van der Waals surface area contributed by atoms with Gasteiger partial charge >= 0.3 is 6.36 Å². The zero-order valence-corrected chi connectivity index (χ0v) is 28.1. The van der Waals surface area contributed by atoms with Crippen molar-refractivity contribution in [2.24, 2.45) is 0 Å². The average Bonchev–Trinajstić information content (AvgIpc) is 3.08. The summed E-state index contributed by atoms with van der Waals surface area (Å²) < 4.78 is 47.6. The van der Waals surface area contributed by atoms with E-state index in [1.54, 1.807) is 12.1 Å². The molecule has 2 aliphatic rings. The largest absolute Gasteiger partial charge is 0.573 e. The van der Waals surface area contributed by atoms with E-state index in [0.29, 0.717) is 11.4 Å². The molecule has 0 bridgehead atoms. The normalized spacial score (nSPS) is 13.4. The molecule has 0 fully saturated rings. The van der Waals surface area contributed by atoms with E-state index >= 15 is 0 Å². The van der Waals surface area contributed by atoms with E-state index < -0.39 is 6.36 Å². The lowest BCUT2D eigenvalue weighted by Gasteiger charge is -2.46. The van der Waals surface area contributed by atoms with Crippen LogP contribution in [-0.2, 0) is 0 Å². The third-order valence-corrected chi connectivity index (χ3v) is 10.4. The van der Waals surface area contributed by atoms with Gasteiger partial charge in [0.15, 0.2) is 0 Å². The standard InChI is InChI=1S/C43H32BF3N2O/c1-25-11-9-12-26(2)39(25)48-36-23-31(50-43(45,46)47)24-37-38(36)44(34-21-19-29-15-5-7-17-32(29)41(34)48)35-22-20-30-16-6-8-18-33(30)42(35)49(37)40-27(3)13-10-14-28(40)4/h5-24H,1-4H3. The van der Waals surface area contributed by atoms with Gasteiger partial charge in [0.1, 0.15) is 5.75 Å². The number of anilines is 6. The van der Waals surface area contributed by atoms with Crippen LogP contribution in [0.1, 0.15) is 22.3 Å². The predicted molar refractivity (Wildman–Crippen MR) is 201 cm³/mol. The summed E-state index contributed by atoms with van der Waals surface area (Å²) in [7, 11) is 0. The van der Waals surface area contributed by atoms with E-state index in [9.17, 15) is 13.2 Å². The van der Waals surface area contributed by atoms with Crippen molar-refractivity contribution < 1.29 is 17.9 Å². The summed E-state index contributed by atoms with van der Waals surface area (Å²) in [6.07, 6.45) is -4.88. The number of aryl methyl sites for hydroxylation is 4. The molecule has 2 aliphatic heterocycles. The minimum absolute atomic E-state index is 0.259. The third-order valence-electron chi connectivity index (χ3n) is 10.4. The van der Waals surface area contributed by atoms with Gasteiger partial charge in [0.25, 0.3) is 6.71 Å². The molecule has 0 aliphatic carbocycles. The second-order valence-corrected chi connectivity index (χ2v) is 13.5. The van der Waals surface area contributed by atoms with E-state index in [1.165, 1.54) is 0 Å². The highest BCUT2D eigenvalue weighted by atomic mass is 19.4. The van der Waals surface area contributed by atoms with Crippen molar-refractivity contribution in [3.63, 3.8) is 0 Å². The molecule has 0 atom stereocenters. The van der Waals surface area contributed by atoms with Gasteiger partial charge in [-0.25, -0.2) is 0 Å². The van der Waals surface area contributed by atoms with Gasteiger partial charge in [-0.05, 0) is 77.1 Å². The molecule has 3 nitrogen and oxygen atoms in total. The summed E-state index contributed by atoms with van der Waals surface area (Å²) >= 11 is 0. The topological polar surface area (TPSA) is 15.7 Å². The zero-order valence-electron chi connectivity index (χ0n) is 28.1. The van der Waals surface area contributed by atoms with Gasteiger partial charge < -0.3 is 14.5 Å². The Morgan fingerprint density at radius 2 is 0.920 bits per heavy atom. The molecule has 0 radical (unpaired) electrons. The van der Waals surface area contributed by atoms with Gasteiger partial charge in [-0.15, -0.1) is 13.2 Å². The third kappa shape index (κ3) is 4.46. The zero-order chi connectivity index (χ0) is 34.5. The Labute approximate surface area is 289 Å². The first-order valence-electron chi connectivity index (χ1n) is 16.8. The van der Waals surface area contributed by atoms with Crippen LogP contribution in [0.3, 0.4) is 0 Å². The Morgan fingerprint density at radius 1 is 0.500 bits per heavy atom. The summed E-state index contributed by atoms with van der Waals surface area (Å²) in [6.45, 7) is 7.98. The first-order chi connectivity index (χ1) is 24.1. The number of benzene rings is 7. The molecule has 2 heterocycles. The van der Waals surface area contributed by atoms with Gasteiger partial charge in [-0.2, -0.15) is 0 Å². The number of nitrogens with zero attached hydrogens (tertiary/aromatic N) is 2. The van der Waals surface area contributed by atoms with Gasteiger partial charge in [0, 0.05) is 45.7 Å². The molecule has 244 valence electrons. The summed E-state index contributed by atoms with van der Waals surface area (Å²) in [5.41, 5.74) is 12.4. The fraction of sp³-hybridized carbons (Fsp3) is 0.116. The Hall–Kier alpha value is -5.69. The first-order valence-corrected chi connectivity index (χ1v) is 16.8. The lowest BCUT2D eigenvalue weighted by Crippen LogP contribution is -2.61. The molecular weight excluding hydrogens is 628 g/mol. The molecule has 0 aromatic heterocycles. The van der Waals surface area contributed by atoms with Crippen LogP contribution in [0.25, 0.3) is 21.5 Å². The molecular formula is C43H32BF3N2O. The van der Waals surface area contributed by atoms with Crippen molar-refractivity contribution in [3.05, 3.63) is 144 Å². The lowest BCUT2D eigenvalue weighted by molar-refractivity contribution is -0.274. The highest BCUT2D eigenvalue weighted by molar-refractivity contribution is 7.00. The number of halogens is 3. The Balaban J connectivity index is 1.50. The minimum Gasteiger partial charge on any atom is -0.406 e. The highest BCUT2D eigenvalue weighted by Gasteiger charge is 2.46. The van der Waals surface area contributed by atoms with Crippen molar-refractivity contribution in [3.8, 4) is 5.75 Å². The fourth-order valence-electron chi connectivity index (χ4n) is 8.47. The van der Waals surface area contributed by atoms with Crippen LogP contribution in [0.2, 0.25) is 0 Å². The smallest absolute Gasteiger partial charge is 0.406 e. The lowest BCUT2D eigenvalue weighted by atomic mass is 9.33. The van der Waals surface area contributed by atoms with Gasteiger partial charge in [-0.3, -0.25) is 0 Å². The molecule has 0 unspecified atom stereocenters. The molecule has 0 saturated carbocycles. The van der Waals surface area contributed by atoms with Gasteiger partial charge in [0.2, 0.25) is 0 Å². The summed E-state index contributed by atoms with van der Waals surface area (Å²) in [6, 6.07) is 40.7. The number of para-hydroxylation sites is 2. The number of alkyl halides is 3. The maximum Gasteiger partial charge on any atom is 0.573 e. The first kappa shape index (κ1) is 30.4. The molecule has 0 spiro atoms. The van der Waals surface area contributed by atoms with Crippen LogP contribution in [0, 0.1) is 27.7 Å². The van der Waals surface area contributed by atoms with Gasteiger partial charge in [-0.1, -0.05) is 109 Å². The van der Waals surface area contributed by atoms with E-state index in [2.05, 4.69) is 110 Å². The monoisotopic (exact) mass is 660 g/mol. The van der Waals surface area contributed by atoms with Crippen molar-refractivity contribution in [2.75, 3.05) is 9.80 Å². The molecule has 0 N–H and O–H groups in total. The molecule has 7 heteroatoms. The maximum absolute atomic E-state index is 14.2. The highest BCUT2D eigenvalue weighted by Crippen LogP contribution is 2.51. The molecule has 0 amide bonds. The molecule has 7 aromatic rings. The maximum atomic E-state index is 14.2. The average molecular weight is 661 g/mol. The summed E-state index contributed by atoms with van der Waals surface area (Å²) in [5, 5.41) is 4.17. The SMILES string of the molecule is Cc1cccc(C)c1N1c2cc(OC(F)(F)F)cc3c2B(c2ccc4ccccc4c21)c1ccc2ccccc2c1N3c1c(C)cccc1C. The van der Waals surface area contributed by atoms with Crippen LogP contribution < -0.4 is 30.9 Å². The van der Waals surface area contributed by atoms with Crippen LogP contribution >= 0.6 is 0 Å².